The maximum absolute atomic E-state index is 12.1. The minimum atomic E-state index is 0.0123. The van der Waals surface area contributed by atoms with Crippen molar-refractivity contribution in [1.29, 1.82) is 0 Å². The highest BCUT2D eigenvalue weighted by Crippen LogP contribution is 2.20. The number of anilines is 1. The van der Waals surface area contributed by atoms with Gasteiger partial charge in [-0.25, -0.2) is 0 Å². The number of halogens is 1. The summed E-state index contributed by atoms with van der Waals surface area (Å²) in [5, 5.41) is 3.56. The van der Waals surface area contributed by atoms with Gasteiger partial charge in [0.25, 0.3) is 0 Å². The summed E-state index contributed by atoms with van der Waals surface area (Å²) < 4.78 is 0. The molecule has 1 amide bonds. The second-order valence-electron chi connectivity index (χ2n) is 5.90. The molecule has 0 heterocycles. The van der Waals surface area contributed by atoms with E-state index in [2.05, 4.69) is 43.4 Å². The molecule has 2 aromatic rings. The van der Waals surface area contributed by atoms with E-state index in [1.165, 1.54) is 11.1 Å². The third-order valence-corrected chi connectivity index (χ3v) is 4.00. The van der Waals surface area contributed by atoms with Crippen molar-refractivity contribution < 1.29 is 4.79 Å². The molecule has 0 spiro atoms. The molecule has 0 unspecified atom stereocenters. The summed E-state index contributed by atoms with van der Waals surface area (Å²) in [6.45, 7) is 6.31. The lowest BCUT2D eigenvalue weighted by molar-refractivity contribution is -0.116. The van der Waals surface area contributed by atoms with Crippen molar-refractivity contribution in [2.24, 2.45) is 0 Å². The zero-order valence-electron chi connectivity index (χ0n) is 13.3. The molecule has 3 heteroatoms. The van der Waals surface area contributed by atoms with Crippen molar-refractivity contribution in [2.45, 2.75) is 39.5 Å². The van der Waals surface area contributed by atoms with E-state index in [9.17, 15) is 4.79 Å². The van der Waals surface area contributed by atoms with Gasteiger partial charge in [-0.1, -0.05) is 55.8 Å². The molecule has 0 radical (unpaired) electrons. The second-order valence-corrected chi connectivity index (χ2v) is 6.34. The molecule has 2 rings (SSSR count). The van der Waals surface area contributed by atoms with E-state index in [1.807, 2.05) is 19.1 Å². The van der Waals surface area contributed by atoms with Gasteiger partial charge in [0, 0.05) is 17.1 Å². The maximum Gasteiger partial charge on any atom is 0.224 e. The lowest BCUT2D eigenvalue weighted by Gasteiger charge is -2.09. The van der Waals surface area contributed by atoms with Crippen molar-refractivity contribution >= 4 is 23.2 Å². The molecule has 0 bridgehead atoms. The fourth-order valence-corrected chi connectivity index (χ4v) is 2.44. The Morgan fingerprint density at radius 1 is 1.14 bits per heavy atom. The fraction of sp³-hybridized carbons (Fsp3) is 0.316. The Balaban J connectivity index is 1.91. The first-order chi connectivity index (χ1) is 10.5. The normalized spacial score (nSPS) is 10.8. The van der Waals surface area contributed by atoms with Gasteiger partial charge in [-0.05, 0) is 48.1 Å². The van der Waals surface area contributed by atoms with Crippen LogP contribution in [0.5, 0.6) is 0 Å². The topological polar surface area (TPSA) is 29.1 Å². The van der Waals surface area contributed by atoms with E-state index in [0.717, 1.165) is 17.7 Å². The van der Waals surface area contributed by atoms with Crippen LogP contribution in [0.15, 0.2) is 42.5 Å². The predicted octanol–water partition coefficient (Wildman–Crippen LogP) is 5.34. The van der Waals surface area contributed by atoms with Crippen LogP contribution in [0.1, 0.15) is 42.9 Å². The minimum absolute atomic E-state index is 0.0123. The second kappa shape index (κ2) is 7.46. The average molecular weight is 316 g/mol. The predicted molar refractivity (Wildman–Crippen MR) is 93.7 cm³/mol. The van der Waals surface area contributed by atoms with Gasteiger partial charge >= 0.3 is 0 Å². The number of amides is 1. The molecule has 0 saturated carbocycles. The number of rotatable bonds is 5. The number of carbonyl (C=O) groups is 1. The van der Waals surface area contributed by atoms with Gasteiger partial charge < -0.3 is 5.32 Å². The van der Waals surface area contributed by atoms with Gasteiger partial charge in [-0.3, -0.25) is 4.79 Å². The molecule has 0 aromatic heterocycles. The minimum Gasteiger partial charge on any atom is -0.326 e. The van der Waals surface area contributed by atoms with Crippen LogP contribution in [-0.2, 0) is 11.2 Å². The third-order valence-electron chi connectivity index (χ3n) is 3.76. The lowest BCUT2D eigenvalue weighted by atomic mass is 10.0. The summed E-state index contributed by atoms with van der Waals surface area (Å²) in [6, 6.07) is 14.0. The Morgan fingerprint density at radius 2 is 1.82 bits per heavy atom. The number of carbonyl (C=O) groups excluding carboxylic acids is 1. The third kappa shape index (κ3) is 4.60. The average Bonchev–Trinajstić information content (AvgIpc) is 2.49. The van der Waals surface area contributed by atoms with E-state index < -0.39 is 0 Å². The molecule has 0 aliphatic rings. The van der Waals surface area contributed by atoms with Crippen LogP contribution in [0.25, 0.3) is 0 Å². The Kier molecular flexibility index (Phi) is 5.62. The van der Waals surface area contributed by atoms with Gasteiger partial charge in [0.2, 0.25) is 5.91 Å². The van der Waals surface area contributed by atoms with Crippen LogP contribution >= 0.6 is 11.6 Å². The molecule has 2 nitrogen and oxygen atoms in total. The molecular weight excluding hydrogens is 294 g/mol. The summed E-state index contributed by atoms with van der Waals surface area (Å²) in [5.41, 5.74) is 4.30. The Hall–Kier alpha value is -1.80. The maximum atomic E-state index is 12.1. The van der Waals surface area contributed by atoms with Crippen LogP contribution in [0.3, 0.4) is 0 Å². The van der Waals surface area contributed by atoms with E-state index in [0.29, 0.717) is 17.4 Å². The van der Waals surface area contributed by atoms with Crippen LogP contribution in [-0.4, -0.2) is 5.91 Å². The molecular formula is C19H22ClNO. The molecule has 1 N–H and O–H groups in total. The monoisotopic (exact) mass is 315 g/mol. The lowest BCUT2D eigenvalue weighted by Crippen LogP contribution is -2.13. The molecule has 0 fully saturated rings. The highest BCUT2D eigenvalue weighted by Gasteiger charge is 2.06. The van der Waals surface area contributed by atoms with E-state index in [-0.39, 0.29) is 5.91 Å². The Labute approximate surface area is 137 Å². The Bertz CT molecular complexity index is 647. The molecule has 0 atom stereocenters. The zero-order valence-corrected chi connectivity index (χ0v) is 14.1. The van der Waals surface area contributed by atoms with E-state index in [1.54, 1.807) is 6.07 Å². The number of aryl methyl sites for hydroxylation is 2. The molecule has 116 valence electrons. The molecule has 22 heavy (non-hydrogen) atoms. The van der Waals surface area contributed by atoms with Crippen molar-refractivity contribution in [2.75, 3.05) is 5.32 Å². The van der Waals surface area contributed by atoms with Gasteiger partial charge in [0.15, 0.2) is 0 Å². The SMILES string of the molecule is Cc1ccc(Cl)cc1NC(=O)CCc1ccc(C(C)C)cc1. The summed E-state index contributed by atoms with van der Waals surface area (Å²) in [4.78, 5) is 12.1. The summed E-state index contributed by atoms with van der Waals surface area (Å²) >= 11 is 5.96. The zero-order chi connectivity index (χ0) is 16.1. The van der Waals surface area contributed by atoms with Crippen LogP contribution in [0, 0.1) is 6.92 Å². The van der Waals surface area contributed by atoms with E-state index >= 15 is 0 Å². The fourth-order valence-electron chi connectivity index (χ4n) is 2.27. The quantitative estimate of drug-likeness (QED) is 0.792. The number of nitrogens with one attached hydrogen (secondary N) is 1. The van der Waals surface area contributed by atoms with Crippen molar-refractivity contribution in [3.63, 3.8) is 0 Å². The highest BCUT2D eigenvalue weighted by molar-refractivity contribution is 6.31. The van der Waals surface area contributed by atoms with Crippen molar-refractivity contribution in [3.8, 4) is 0 Å². The number of hydrogen-bond acceptors (Lipinski definition) is 1. The van der Waals surface area contributed by atoms with Gasteiger partial charge in [0.05, 0.1) is 0 Å². The highest BCUT2D eigenvalue weighted by atomic mass is 35.5. The van der Waals surface area contributed by atoms with Crippen molar-refractivity contribution in [1.82, 2.24) is 0 Å². The van der Waals surface area contributed by atoms with Crippen LogP contribution in [0.2, 0.25) is 5.02 Å². The first-order valence-corrected chi connectivity index (χ1v) is 7.98. The van der Waals surface area contributed by atoms with Crippen LogP contribution < -0.4 is 5.32 Å². The van der Waals surface area contributed by atoms with Gasteiger partial charge in [-0.15, -0.1) is 0 Å². The Morgan fingerprint density at radius 3 is 2.45 bits per heavy atom. The summed E-state index contributed by atoms with van der Waals surface area (Å²) in [7, 11) is 0. The first-order valence-electron chi connectivity index (χ1n) is 7.60. The van der Waals surface area contributed by atoms with Crippen LogP contribution in [0.4, 0.5) is 5.69 Å². The molecule has 0 aliphatic heterocycles. The van der Waals surface area contributed by atoms with Crippen molar-refractivity contribution in [3.05, 3.63) is 64.2 Å². The van der Waals surface area contributed by atoms with Gasteiger partial charge in [-0.2, -0.15) is 0 Å². The van der Waals surface area contributed by atoms with Gasteiger partial charge in [0.1, 0.15) is 0 Å². The molecule has 0 aliphatic carbocycles. The summed E-state index contributed by atoms with van der Waals surface area (Å²) in [6.07, 6.45) is 1.21. The molecule has 0 saturated heterocycles. The first kappa shape index (κ1) is 16.6. The largest absolute Gasteiger partial charge is 0.326 e. The number of benzene rings is 2. The summed E-state index contributed by atoms with van der Waals surface area (Å²) in [5.74, 6) is 0.543. The van der Waals surface area contributed by atoms with E-state index in [4.69, 9.17) is 11.6 Å². The standard InChI is InChI=1S/C19H22ClNO/c1-13(2)16-8-5-15(6-9-16)7-11-19(22)21-18-12-17(20)10-4-14(18)3/h4-6,8-10,12-13H,7,11H2,1-3H3,(H,21,22). The molecule has 2 aromatic carbocycles. The smallest absolute Gasteiger partial charge is 0.224 e. The number of hydrogen-bond donors (Lipinski definition) is 1.